The molecule has 2 bridgehead atoms. The average molecular weight is 321 g/mol. The molecule has 4 heteroatoms. The standard InChI is InChI=1S/C18H28N2OS/c1-12(2)8-16(17-4-3-7-22-17)20-18(21)11-13-9-14-5-6-15(10-13)19-14/h3-4,7,12-16,19H,5-6,8-11H2,1-2H3,(H,20,21)/t13?,14-,15+,16-/m1/s1. The summed E-state index contributed by atoms with van der Waals surface area (Å²) in [4.78, 5) is 13.8. The van der Waals surface area contributed by atoms with Gasteiger partial charge in [-0.1, -0.05) is 19.9 Å². The van der Waals surface area contributed by atoms with Crippen LogP contribution in [-0.2, 0) is 4.79 Å². The van der Waals surface area contributed by atoms with Crippen LogP contribution < -0.4 is 10.6 Å². The van der Waals surface area contributed by atoms with E-state index in [1.165, 1.54) is 30.6 Å². The van der Waals surface area contributed by atoms with Crippen molar-refractivity contribution in [3.63, 3.8) is 0 Å². The van der Waals surface area contributed by atoms with Gasteiger partial charge in [-0.3, -0.25) is 4.79 Å². The fourth-order valence-corrected chi connectivity index (χ4v) is 4.86. The van der Waals surface area contributed by atoms with Crippen molar-refractivity contribution in [3.8, 4) is 0 Å². The lowest BCUT2D eigenvalue weighted by Crippen LogP contribution is -2.40. The number of carbonyl (C=O) groups excluding carboxylic acids is 1. The van der Waals surface area contributed by atoms with Crippen LogP contribution in [0.2, 0.25) is 0 Å². The molecule has 3 heterocycles. The Hall–Kier alpha value is -0.870. The lowest BCUT2D eigenvalue weighted by atomic mass is 9.89. The summed E-state index contributed by atoms with van der Waals surface area (Å²) < 4.78 is 0. The molecule has 2 N–H and O–H groups in total. The second-order valence-electron chi connectivity index (χ2n) is 7.44. The van der Waals surface area contributed by atoms with Gasteiger partial charge in [0.15, 0.2) is 0 Å². The third-order valence-electron chi connectivity index (χ3n) is 4.97. The van der Waals surface area contributed by atoms with Crippen molar-refractivity contribution in [2.45, 2.75) is 70.5 Å². The molecule has 2 saturated heterocycles. The predicted molar refractivity (Wildman–Crippen MR) is 91.9 cm³/mol. The normalized spacial score (nSPS) is 28.8. The molecule has 1 aromatic rings. The molecule has 1 aromatic heterocycles. The first-order valence-corrected chi connectivity index (χ1v) is 9.57. The van der Waals surface area contributed by atoms with Crippen LogP contribution in [-0.4, -0.2) is 18.0 Å². The van der Waals surface area contributed by atoms with E-state index in [2.05, 4.69) is 42.0 Å². The van der Waals surface area contributed by atoms with E-state index in [0.29, 0.717) is 30.3 Å². The van der Waals surface area contributed by atoms with Crippen molar-refractivity contribution in [2.75, 3.05) is 0 Å². The second-order valence-corrected chi connectivity index (χ2v) is 8.42. The first-order chi connectivity index (χ1) is 10.6. The van der Waals surface area contributed by atoms with E-state index in [4.69, 9.17) is 0 Å². The van der Waals surface area contributed by atoms with Crippen molar-refractivity contribution in [1.82, 2.24) is 10.6 Å². The predicted octanol–water partition coefficient (Wildman–Crippen LogP) is 3.87. The van der Waals surface area contributed by atoms with Crippen LogP contribution in [0.5, 0.6) is 0 Å². The molecule has 2 fully saturated rings. The summed E-state index contributed by atoms with van der Waals surface area (Å²) in [5.74, 6) is 1.40. The number of hydrogen-bond acceptors (Lipinski definition) is 3. The van der Waals surface area contributed by atoms with Gasteiger partial charge in [-0.15, -0.1) is 11.3 Å². The van der Waals surface area contributed by atoms with Crippen LogP contribution in [0, 0.1) is 11.8 Å². The minimum atomic E-state index is 0.186. The first-order valence-electron chi connectivity index (χ1n) is 8.69. The highest BCUT2D eigenvalue weighted by Crippen LogP contribution is 2.33. The van der Waals surface area contributed by atoms with Crippen LogP contribution in [0.3, 0.4) is 0 Å². The quantitative estimate of drug-likeness (QED) is 0.835. The van der Waals surface area contributed by atoms with E-state index in [1.807, 2.05) is 0 Å². The van der Waals surface area contributed by atoms with Crippen molar-refractivity contribution < 1.29 is 4.79 Å². The summed E-state index contributed by atoms with van der Waals surface area (Å²) >= 11 is 1.75. The lowest BCUT2D eigenvalue weighted by Gasteiger charge is -2.29. The Bertz CT molecular complexity index is 473. The molecule has 0 aromatic carbocycles. The highest BCUT2D eigenvalue weighted by atomic mass is 32.1. The number of carbonyl (C=O) groups is 1. The molecule has 3 rings (SSSR count). The Morgan fingerprint density at radius 2 is 2.09 bits per heavy atom. The summed E-state index contributed by atoms with van der Waals surface area (Å²) in [7, 11) is 0. The molecule has 0 saturated carbocycles. The van der Waals surface area contributed by atoms with Gasteiger partial charge in [0.05, 0.1) is 6.04 Å². The molecule has 122 valence electrons. The second kappa shape index (κ2) is 7.14. The van der Waals surface area contributed by atoms with Gasteiger partial charge in [0, 0.05) is 23.4 Å². The Morgan fingerprint density at radius 1 is 1.36 bits per heavy atom. The molecule has 4 atom stereocenters. The fourth-order valence-electron chi connectivity index (χ4n) is 4.06. The van der Waals surface area contributed by atoms with Gasteiger partial charge in [-0.2, -0.15) is 0 Å². The van der Waals surface area contributed by atoms with E-state index in [-0.39, 0.29) is 11.9 Å². The van der Waals surface area contributed by atoms with Crippen LogP contribution in [0.15, 0.2) is 17.5 Å². The van der Waals surface area contributed by atoms with Crippen LogP contribution in [0.1, 0.15) is 63.3 Å². The lowest BCUT2D eigenvalue weighted by molar-refractivity contribution is -0.123. The molecule has 0 spiro atoms. The van der Waals surface area contributed by atoms with Gasteiger partial charge in [0.1, 0.15) is 0 Å². The fraction of sp³-hybridized carbons (Fsp3) is 0.722. The highest BCUT2D eigenvalue weighted by Gasteiger charge is 2.34. The smallest absolute Gasteiger partial charge is 0.220 e. The van der Waals surface area contributed by atoms with Crippen molar-refractivity contribution in [3.05, 3.63) is 22.4 Å². The maximum atomic E-state index is 12.5. The van der Waals surface area contributed by atoms with E-state index < -0.39 is 0 Å². The molecule has 0 aliphatic carbocycles. The molecule has 3 nitrogen and oxygen atoms in total. The van der Waals surface area contributed by atoms with Gasteiger partial charge in [0.2, 0.25) is 5.91 Å². The Kier molecular flexibility index (Phi) is 5.19. The average Bonchev–Trinajstić information content (AvgIpc) is 3.07. The van der Waals surface area contributed by atoms with Crippen molar-refractivity contribution in [2.24, 2.45) is 11.8 Å². The van der Waals surface area contributed by atoms with E-state index in [1.54, 1.807) is 11.3 Å². The molecule has 2 aliphatic heterocycles. The minimum absolute atomic E-state index is 0.186. The molecule has 0 radical (unpaired) electrons. The summed E-state index contributed by atoms with van der Waals surface area (Å²) in [6.07, 6.45) is 6.68. The molecule has 2 aliphatic rings. The van der Waals surface area contributed by atoms with Gasteiger partial charge < -0.3 is 10.6 Å². The third kappa shape index (κ3) is 4.11. The minimum Gasteiger partial charge on any atom is -0.348 e. The summed E-state index contributed by atoms with van der Waals surface area (Å²) in [5.41, 5.74) is 0. The van der Waals surface area contributed by atoms with Crippen LogP contribution in [0.25, 0.3) is 0 Å². The first kappa shape index (κ1) is 16.0. The van der Waals surface area contributed by atoms with Gasteiger partial charge in [-0.25, -0.2) is 0 Å². The Labute approximate surface area is 137 Å². The summed E-state index contributed by atoms with van der Waals surface area (Å²) in [6.45, 7) is 4.44. The summed E-state index contributed by atoms with van der Waals surface area (Å²) in [5, 5.41) is 9.05. The SMILES string of the molecule is CC(C)C[C@@H](NC(=O)CC1C[C@H]2CC[C@@H](C1)N2)c1cccs1. The number of hydrogen-bond donors (Lipinski definition) is 2. The Balaban J connectivity index is 1.54. The van der Waals surface area contributed by atoms with Crippen molar-refractivity contribution >= 4 is 17.2 Å². The maximum Gasteiger partial charge on any atom is 0.220 e. The van der Waals surface area contributed by atoms with E-state index in [0.717, 1.165) is 6.42 Å². The zero-order valence-corrected chi connectivity index (χ0v) is 14.5. The summed E-state index contributed by atoms with van der Waals surface area (Å²) in [6, 6.07) is 5.73. The third-order valence-corrected chi connectivity index (χ3v) is 5.96. The molecular formula is C18H28N2OS. The molecule has 22 heavy (non-hydrogen) atoms. The highest BCUT2D eigenvalue weighted by molar-refractivity contribution is 7.10. The number of nitrogens with one attached hydrogen (secondary N) is 2. The van der Waals surface area contributed by atoms with Gasteiger partial charge in [0.25, 0.3) is 0 Å². The van der Waals surface area contributed by atoms with Gasteiger partial charge in [-0.05, 0) is 55.4 Å². The van der Waals surface area contributed by atoms with Crippen LogP contribution >= 0.6 is 11.3 Å². The van der Waals surface area contributed by atoms with Crippen molar-refractivity contribution in [1.29, 1.82) is 0 Å². The molecular weight excluding hydrogens is 292 g/mol. The van der Waals surface area contributed by atoms with Crippen LogP contribution in [0.4, 0.5) is 0 Å². The number of amides is 1. The number of piperidine rings is 1. The zero-order chi connectivity index (χ0) is 15.5. The number of rotatable bonds is 6. The van der Waals surface area contributed by atoms with Gasteiger partial charge >= 0.3 is 0 Å². The number of thiophene rings is 1. The maximum absolute atomic E-state index is 12.5. The number of fused-ring (bicyclic) bond motifs is 2. The largest absolute Gasteiger partial charge is 0.348 e. The molecule has 1 unspecified atom stereocenters. The van der Waals surface area contributed by atoms with E-state index in [9.17, 15) is 4.79 Å². The van der Waals surface area contributed by atoms with E-state index >= 15 is 0 Å². The topological polar surface area (TPSA) is 41.1 Å². The molecule has 1 amide bonds. The monoisotopic (exact) mass is 320 g/mol. The zero-order valence-electron chi connectivity index (χ0n) is 13.7. The Morgan fingerprint density at radius 3 is 2.68 bits per heavy atom.